The minimum Gasteiger partial charge on any atom is -0.481 e. The van der Waals surface area contributed by atoms with E-state index < -0.39 is 10.0 Å². The van der Waals surface area contributed by atoms with Gasteiger partial charge in [0.05, 0.1) is 24.5 Å². The van der Waals surface area contributed by atoms with Gasteiger partial charge in [-0.2, -0.15) is 4.98 Å². The maximum Gasteiger partial charge on any atom is 0.231 e. The average molecular weight is 407 g/mol. The molecule has 2 aromatic rings. The van der Waals surface area contributed by atoms with Crippen LogP contribution in [-0.2, 0) is 16.6 Å². The van der Waals surface area contributed by atoms with E-state index in [4.69, 9.17) is 9.26 Å². The molecule has 1 atom stereocenters. The quantitative estimate of drug-likeness (QED) is 0.700. The minimum atomic E-state index is -3.27. The van der Waals surface area contributed by atoms with Crippen LogP contribution < -0.4 is 4.74 Å². The van der Waals surface area contributed by atoms with E-state index in [0.29, 0.717) is 37.2 Å². The van der Waals surface area contributed by atoms with Crippen LogP contribution in [0, 0.1) is 12.3 Å². The number of hydrogen-bond acceptors (Lipinski definition) is 8. The lowest BCUT2D eigenvalue weighted by Crippen LogP contribution is -2.59. The van der Waals surface area contributed by atoms with Gasteiger partial charge >= 0.3 is 0 Å². The standard InChI is InChI=1S/C18H25N5O4S/c1-4-28(24,25)23-9-15(17-19-13(2)21-27-17)18(12-23)10-22(11-18)8-14-6-5-7-16(20-14)26-3/h5-7,15H,4,8-12H2,1-3H3. The summed E-state index contributed by atoms with van der Waals surface area (Å²) in [5, 5.41) is 3.91. The Morgan fingerprint density at radius 1 is 1.29 bits per heavy atom. The largest absolute Gasteiger partial charge is 0.481 e. The fourth-order valence-corrected chi connectivity index (χ4v) is 5.47. The molecule has 0 radical (unpaired) electrons. The van der Waals surface area contributed by atoms with Gasteiger partial charge in [0.15, 0.2) is 5.82 Å². The number of likely N-dealkylation sites (tertiary alicyclic amines) is 1. The summed E-state index contributed by atoms with van der Waals surface area (Å²) in [5.41, 5.74) is 0.718. The summed E-state index contributed by atoms with van der Waals surface area (Å²) < 4.78 is 37.2. The monoisotopic (exact) mass is 407 g/mol. The summed E-state index contributed by atoms with van der Waals surface area (Å²) in [6.07, 6.45) is 0. The van der Waals surface area contributed by atoms with E-state index in [2.05, 4.69) is 20.0 Å². The molecule has 9 nitrogen and oxygen atoms in total. The highest BCUT2D eigenvalue weighted by molar-refractivity contribution is 7.89. The third kappa shape index (κ3) is 3.40. The molecule has 152 valence electrons. The number of rotatable bonds is 6. The number of nitrogens with zero attached hydrogens (tertiary/aromatic N) is 5. The molecule has 4 heterocycles. The fraction of sp³-hybridized carbons (Fsp3) is 0.611. The molecular weight excluding hydrogens is 382 g/mol. The van der Waals surface area contributed by atoms with Gasteiger partial charge in [-0.1, -0.05) is 11.2 Å². The molecule has 0 amide bonds. The fourth-order valence-electron chi connectivity index (χ4n) is 4.28. The first kappa shape index (κ1) is 19.3. The van der Waals surface area contributed by atoms with Crippen molar-refractivity contribution in [2.75, 3.05) is 39.0 Å². The van der Waals surface area contributed by atoms with Gasteiger partial charge < -0.3 is 9.26 Å². The molecule has 2 aromatic heterocycles. The Morgan fingerprint density at radius 2 is 2.07 bits per heavy atom. The Morgan fingerprint density at radius 3 is 2.71 bits per heavy atom. The van der Waals surface area contributed by atoms with Crippen molar-refractivity contribution in [3.05, 3.63) is 35.6 Å². The van der Waals surface area contributed by atoms with Crippen molar-refractivity contribution >= 4 is 10.0 Å². The van der Waals surface area contributed by atoms with Crippen LogP contribution in [0.3, 0.4) is 0 Å². The zero-order chi connectivity index (χ0) is 19.9. The maximum atomic E-state index is 12.5. The van der Waals surface area contributed by atoms with Crippen LogP contribution in [0.5, 0.6) is 5.88 Å². The Labute approximate surface area is 164 Å². The summed E-state index contributed by atoms with van der Waals surface area (Å²) in [7, 11) is -1.67. The molecular formula is C18H25N5O4S. The molecule has 0 aromatic carbocycles. The van der Waals surface area contributed by atoms with Gasteiger partial charge in [0.1, 0.15) is 0 Å². The molecule has 28 heavy (non-hydrogen) atoms. The maximum absolute atomic E-state index is 12.5. The number of aromatic nitrogens is 3. The lowest BCUT2D eigenvalue weighted by atomic mass is 9.71. The molecule has 2 fully saturated rings. The molecule has 0 saturated carbocycles. The Bertz CT molecular complexity index is 954. The van der Waals surface area contributed by atoms with Crippen LogP contribution in [0.15, 0.2) is 22.7 Å². The molecule has 2 saturated heterocycles. The van der Waals surface area contributed by atoms with Gasteiger partial charge in [-0.3, -0.25) is 4.90 Å². The van der Waals surface area contributed by atoms with Gasteiger partial charge in [-0.15, -0.1) is 0 Å². The normalized spacial score (nSPS) is 22.5. The summed E-state index contributed by atoms with van der Waals surface area (Å²) in [5.74, 6) is 1.69. The number of ether oxygens (including phenoxy) is 1. The molecule has 4 rings (SSSR count). The van der Waals surface area contributed by atoms with E-state index in [9.17, 15) is 8.42 Å². The molecule has 1 unspecified atom stereocenters. The Balaban J connectivity index is 1.53. The van der Waals surface area contributed by atoms with Crippen LogP contribution in [0.1, 0.15) is 30.3 Å². The lowest BCUT2D eigenvalue weighted by molar-refractivity contribution is -0.0125. The van der Waals surface area contributed by atoms with E-state index >= 15 is 0 Å². The molecule has 0 bridgehead atoms. The second kappa shape index (κ2) is 7.09. The van der Waals surface area contributed by atoms with Gasteiger partial charge in [0, 0.05) is 44.2 Å². The van der Waals surface area contributed by atoms with Crippen LogP contribution in [-0.4, -0.2) is 71.8 Å². The number of hydrogen-bond donors (Lipinski definition) is 0. The predicted molar refractivity (Wildman–Crippen MR) is 101 cm³/mol. The summed E-state index contributed by atoms with van der Waals surface area (Å²) in [4.78, 5) is 11.1. The molecule has 0 N–H and O–H groups in total. The summed E-state index contributed by atoms with van der Waals surface area (Å²) >= 11 is 0. The topological polar surface area (TPSA) is 102 Å². The van der Waals surface area contributed by atoms with Gasteiger partial charge in [0.25, 0.3) is 0 Å². The number of aryl methyl sites for hydroxylation is 1. The second-order valence-corrected chi connectivity index (χ2v) is 9.86. The van der Waals surface area contributed by atoms with Crippen molar-refractivity contribution in [3.8, 4) is 5.88 Å². The van der Waals surface area contributed by atoms with Crippen LogP contribution in [0.2, 0.25) is 0 Å². The predicted octanol–water partition coefficient (Wildman–Crippen LogP) is 1.03. The first-order valence-electron chi connectivity index (χ1n) is 9.35. The average Bonchev–Trinajstić information content (AvgIpc) is 3.26. The number of sulfonamides is 1. The van der Waals surface area contributed by atoms with Gasteiger partial charge in [0.2, 0.25) is 21.8 Å². The van der Waals surface area contributed by atoms with Crippen molar-refractivity contribution in [2.24, 2.45) is 5.41 Å². The highest BCUT2D eigenvalue weighted by Gasteiger charge is 2.58. The third-order valence-corrected chi connectivity index (χ3v) is 7.46. The minimum absolute atomic E-state index is 0.0930. The van der Waals surface area contributed by atoms with Crippen molar-refractivity contribution < 1.29 is 17.7 Å². The first-order valence-corrected chi connectivity index (χ1v) is 11.0. The zero-order valence-corrected chi connectivity index (χ0v) is 17.1. The van der Waals surface area contributed by atoms with Gasteiger partial charge in [-0.25, -0.2) is 17.7 Å². The highest BCUT2D eigenvalue weighted by Crippen LogP contribution is 2.49. The third-order valence-electron chi connectivity index (χ3n) is 5.67. The summed E-state index contributed by atoms with van der Waals surface area (Å²) in [6.45, 7) is 6.53. The smallest absolute Gasteiger partial charge is 0.231 e. The van der Waals surface area contributed by atoms with Gasteiger partial charge in [-0.05, 0) is 19.9 Å². The molecule has 1 spiro atoms. The van der Waals surface area contributed by atoms with Crippen LogP contribution in [0.4, 0.5) is 0 Å². The molecule has 2 aliphatic heterocycles. The second-order valence-electron chi connectivity index (χ2n) is 7.60. The summed E-state index contributed by atoms with van der Waals surface area (Å²) in [6, 6.07) is 5.71. The van der Waals surface area contributed by atoms with E-state index in [1.54, 1.807) is 25.3 Å². The van der Waals surface area contributed by atoms with E-state index in [1.807, 2.05) is 18.2 Å². The molecule has 2 aliphatic rings. The first-order chi connectivity index (χ1) is 13.3. The molecule has 10 heteroatoms. The van der Waals surface area contributed by atoms with E-state index in [-0.39, 0.29) is 17.1 Å². The van der Waals surface area contributed by atoms with Crippen LogP contribution in [0.25, 0.3) is 0 Å². The Hall–Kier alpha value is -2.04. The van der Waals surface area contributed by atoms with Crippen LogP contribution >= 0.6 is 0 Å². The SMILES string of the molecule is CCS(=O)(=O)N1CC(c2nc(C)no2)C2(CN(Cc3cccc(OC)n3)C2)C1. The van der Waals surface area contributed by atoms with Crippen molar-refractivity contribution in [3.63, 3.8) is 0 Å². The van der Waals surface area contributed by atoms with Crippen molar-refractivity contribution in [1.82, 2.24) is 24.3 Å². The highest BCUT2D eigenvalue weighted by atomic mass is 32.2. The zero-order valence-electron chi connectivity index (χ0n) is 16.3. The van der Waals surface area contributed by atoms with E-state index in [0.717, 1.165) is 18.8 Å². The lowest BCUT2D eigenvalue weighted by Gasteiger charge is -2.50. The number of pyridine rings is 1. The van der Waals surface area contributed by atoms with Crippen molar-refractivity contribution in [2.45, 2.75) is 26.3 Å². The molecule has 0 aliphatic carbocycles. The van der Waals surface area contributed by atoms with Crippen molar-refractivity contribution in [1.29, 1.82) is 0 Å². The number of methoxy groups -OCH3 is 1. The Kier molecular flexibility index (Phi) is 4.88. The van der Waals surface area contributed by atoms with E-state index in [1.165, 1.54) is 0 Å².